The van der Waals surface area contributed by atoms with E-state index in [0.29, 0.717) is 30.8 Å². The number of nitrogens with zero attached hydrogens (tertiary/aromatic N) is 2. The minimum Gasteiger partial charge on any atom is -0.354 e. The van der Waals surface area contributed by atoms with Crippen molar-refractivity contribution in [2.75, 3.05) is 19.6 Å². The maximum atomic E-state index is 13.2. The molecule has 2 atom stereocenters. The topological polar surface area (TPSA) is 99.9 Å². The van der Waals surface area contributed by atoms with Gasteiger partial charge in [-0.2, -0.15) is 4.31 Å². The number of hydrogen-bond acceptors (Lipinski definition) is 5. The van der Waals surface area contributed by atoms with E-state index >= 15 is 0 Å². The zero-order chi connectivity index (χ0) is 27.3. The molecule has 1 aromatic heterocycles. The lowest BCUT2D eigenvalue weighted by Gasteiger charge is -2.32. The predicted octanol–water partition coefficient (Wildman–Crippen LogP) is 4.81. The highest BCUT2D eigenvalue weighted by Gasteiger charge is 2.32. The van der Waals surface area contributed by atoms with Gasteiger partial charge in [-0.25, -0.2) is 13.3 Å². The van der Waals surface area contributed by atoms with E-state index in [1.165, 1.54) is 27.8 Å². The van der Waals surface area contributed by atoms with E-state index in [4.69, 9.17) is 6.57 Å². The van der Waals surface area contributed by atoms with Crippen molar-refractivity contribution in [2.45, 2.75) is 44.0 Å². The standard InChI is InChI=1S/C28H32N4O4S2/c1-19(2)15-23(31-28(34)25-16-21-10-4-6-12-24(21)37-25)27(33)30-17-20-9-8-14-32(18-20)38(35,36)26-13-7-5-11-22(26)29-3/h4-7,10-13,16,19-20,23H,8-9,14-15,17-18H2,1-2H3,(H,30,33)(H,31,34)/t20?,23-/m0/s1. The number of para-hydroxylation sites is 1. The third-order valence-corrected chi connectivity index (χ3v) is 9.66. The number of carbonyl (C=O) groups excluding carboxylic acids is 2. The first-order chi connectivity index (χ1) is 18.2. The molecule has 3 aromatic rings. The van der Waals surface area contributed by atoms with Crippen LogP contribution >= 0.6 is 11.3 Å². The lowest BCUT2D eigenvalue weighted by Crippen LogP contribution is -2.50. The Hall–Kier alpha value is -3.26. The molecule has 2 heterocycles. The van der Waals surface area contributed by atoms with Gasteiger partial charge in [0.2, 0.25) is 21.6 Å². The van der Waals surface area contributed by atoms with Crippen LogP contribution in [-0.4, -0.2) is 50.2 Å². The van der Waals surface area contributed by atoms with Crippen molar-refractivity contribution < 1.29 is 18.0 Å². The molecule has 1 unspecified atom stereocenters. The van der Waals surface area contributed by atoms with Crippen LogP contribution < -0.4 is 10.6 Å². The van der Waals surface area contributed by atoms with Crippen molar-refractivity contribution in [3.8, 4) is 0 Å². The van der Waals surface area contributed by atoms with Gasteiger partial charge in [0.1, 0.15) is 6.04 Å². The van der Waals surface area contributed by atoms with Crippen LogP contribution in [0.25, 0.3) is 14.9 Å². The molecule has 2 N–H and O–H groups in total. The van der Waals surface area contributed by atoms with Gasteiger partial charge in [0.05, 0.1) is 16.3 Å². The number of carbonyl (C=O) groups is 2. The van der Waals surface area contributed by atoms with E-state index in [0.717, 1.165) is 16.5 Å². The van der Waals surface area contributed by atoms with Crippen molar-refractivity contribution >= 4 is 48.9 Å². The summed E-state index contributed by atoms with van der Waals surface area (Å²) in [7, 11) is -3.82. The molecule has 10 heteroatoms. The Bertz CT molecular complexity index is 1430. The second kappa shape index (κ2) is 12.1. The molecule has 1 saturated heterocycles. The first kappa shape index (κ1) is 27.8. The molecule has 8 nitrogen and oxygen atoms in total. The zero-order valence-corrected chi connectivity index (χ0v) is 23.1. The van der Waals surface area contributed by atoms with Crippen molar-refractivity contribution in [3.63, 3.8) is 0 Å². The summed E-state index contributed by atoms with van der Waals surface area (Å²) in [4.78, 5) is 30.1. The molecule has 1 aliphatic heterocycles. The van der Waals surface area contributed by atoms with Crippen LogP contribution in [0.5, 0.6) is 0 Å². The van der Waals surface area contributed by atoms with E-state index in [9.17, 15) is 18.0 Å². The third kappa shape index (κ3) is 6.41. The molecular weight excluding hydrogens is 520 g/mol. The summed E-state index contributed by atoms with van der Waals surface area (Å²) in [5.74, 6) is -0.432. The van der Waals surface area contributed by atoms with Crippen molar-refractivity contribution in [2.24, 2.45) is 11.8 Å². The van der Waals surface area contributed by atoms with Gasteiger partial charge in [0.25, 0.3) is 5.91 Å². The molecule has 0 bridgehead atoms. The van der Waals surface area contributed by atoms with Crippen LogP contribution in [-0.2, 0) is 14.8 Å². The average Bonchev–Trinajstić information content (AvgIpc) is 3.36. The number of benzene rings is 2. The van der Waals surface area contributed by atoms with Crippen molar-refractivity contribution in [3.05, 3.63) is 70.9 Å². The van der Waals surface area contributed by atoms with Crippen LogP contribution in [0.2, 0.25) is 0 Å². The maximum absolute atomic E-state index is 13.2. The van der Waals surface area contributed by atoms with E-state index in [-0.39, 0.29) is 40.8 Å². The van der Waals surface area contributed by atoms with Gasteiger partial charge in [-0.15, -0.1) is 11.3 Å². The summed E-state index contributed by atoms with van der Waals surface area (Å²) in [5, 5.41) is 6.85. The summed E-state index contributed by atoms with van der Waals surface area (Å²) < 4.78 is 28.9. The number of fused-ring (bicyclic) bond motifs is 1. The van der Waals surface area contributed by atoms with E-state index in [2.05, 4.69) is 15.5 Å². The largest absolute Gasteiger partial charge is 0.354 e. The molecule has 38 heavy (non-hydrogen) atoms. The summed E-state index contributed by atoms with van der Waals surface area (Å²) in [6, 6.07) is 15.1. The summed E-state index contributed by atoms with van der Waals surface area (Å²) in [5.41, 5.74) is 0.105. The van der Waals surface area contributed by atoms with Crippen LogP contribution in [0.4, 0.5) is 5.69 Å². The summed E-state index contributed by atoms with van der Waals surface area (Å²) in [6.07, 6.45) is 1.93. The highest BCUT2D eigenvalue weighted by Crippen LogP contribution is 2.30. The van der Waals surface area contributed by atoms with Crippen LogP contribution in [0.3, 0.4) is 0 Å². The van der Waals surface area contributed by atoms with Crippen LogP contribution in [0.15, 0.2) is 59.5 Å². The van der Waals surface area contributed by atoms with E-state index in [1.54, 1.807) is 12.1 Å². The normalized spacial score (nSPS) is 17.2. The Morgan fingerprint density at radius 3 is 2.63 bits per heavy atom. The molecule has 0 aliphatic carbocycles. The number of nitrogens with one attached hydrogen (secondary N) is 2. The van der Waals surface area contributed by atoms with Gasteiger partial charge < -0.3 is 10.6 Å². The number of rotatable bonds is 9. The Labute approximate surface area is 227 Å². The van der Waals surface area contributed by atoms with Gasteiger partial charge >= 0.3 is 0 Å². The molecule has 1 fully saturated rings. The zero-order valence-electron chi connectivity index (χ0n) is 21.5. The van der Waals surface area contributed by atoms with Crippen molar-refractivity contribution in [1.29, 1.82) is 0 Å². The quantitative estimate of drug-likeness (QED) is 0.372. The Kier molecular flexibility index (Phi) is 8.82. The average molecular weight is 553 g/mol. The number of sulfonamides is 1. The van der Waals surface area contributed by atoms with E-state index < -0.39 is 16.1 Å². The molecule has 4 rings (SSSR count). The van der Waals surface area contributed by atoms with Gasteiger partial charge in [-0.3, -0.25) is 9.59 Å². The smallest absolute Gasteiger partial charge is 0.262 e. The Balaban J connectivity index is 1.39. The van der Waals surface area contributed by atoms with Crippen LogP contribution in [0.1, 0.15) is 42.8 Å². The fraction of sp³-hybridized carbons (Fsp3) is 0.393. The maximum Gasteiger partial charge on any atom is 0.262 e. The van der Waals surface area contributed by atoms with Gasteiger partial charge in [0, 0.05) is 24.3 Å². The minimum absolute atomic E-state index is 0.0145. The second-order valence-electron chi connectivity index (χ2n) is 10.0. The first-order valence-electron chi connectivity index (χ1n) is 12.7. The van der Waals surface area contributed by atoms with E-state index in [1.807, 2.05) is 44.2 Å². The molecule has 1 aliphatic rings. The Morgan fingerprint density at radius 1 is 1.16 bits per heavy atom. The van der Waals surface area contributed by atoms with Crippen molar-refractivity contribution in [1.82, 2.24) is 14.9 Å². The number of amides is 2. The van der Waals surface area contributed by atoms with Crippen LogP contribution in [0, 0.1) is 18.4 Å². The molecule has 0 spiro atoms. The molecule has 0 saturated carbocycles. The number of piperidine rings is 1. The van der Waals surface area contributed by atoms with Gasteiger partial charge in [0.15, 0.2) is 0 Å². The fourth-order valence-electron chi connectivity index (χ4n) is 4.71. The molecule has 2 aromatic carbocycles. The van der Waals surface area contributed by atoms with Gasteiger partial charge in [-0.1, -0.05) is 56.3 Å². The Morgan fingerprint density at radius 2 is 1.89 bits per heavy atom. The summed E-state index contributed by atoms with van der Waals surface area (Å²) in [6.45, 7) is 12.3. The molecule has 2 amide bonds. The van der Waals surface area contributed by atoms with Gasteiger partial charge in [-0.05, 0) is 48.6 Å². The third-order valence-electron chi connectivity index (χ3n) is 6.63. The molecule has 200 valence electrons. The predicted molar refractivity (Wildman–Crippen MR) is 150 cm³/mol. The summed E-state index contributed by atoms with van der Waals surface area (Å²) >= 11 is 1.39. The highest BCUT2D eigenvalue weighted by molar-refractivity contribution is 7.89. The minimum atomic E-state index is -3.82. The monoisotopic (exact) mass is 552 g/mol. The number of hydrogen-bond donors (Lipinski definition) is 2. The SMILES string of the molecule is [C-]#[N+]c1ccccc1S(=O)(=O)N1CCCC(CNC(=O)[C@H](CC(C)C)NC(=O)c2cc3ccccc3s2)C1. The lowest BCUT2D eigenvalue weighted by molar-refractivity contribution is -0.123. The second-order valence-corrected chi connectivity index (χ2v) is 13.0. The fourth-order valence-corrected chi connectivity index (χ4v) is 7.36. The number of thiophene rings is 1. The molecular formula is C28H32N4O4S2. The highest BCUT2D eigenvalue weighted by atomic mass is 32.2. The lowest BCUT2D eigenvalue weighted by atomic mass is 9.99. The first-order valence-corrected chi connectivity index (χ1v) is 15.0. The molecule has 0 radical (unpaired) electrons.